The van der Waals surface area contributed by atoms with Crippen molar-refractivity contribution in [2.75, 3.05) is 0 Å². The van der Waals surface area contributed by atoms with E-state index in [-0.39, 0.29) is 12.2 Å². The minimum absolute atomic E-state index is 0.160. The van der Waals surface area contributed by atoms with Gasteiger partial charge in [0.15, 0.2) is 0 Å². The van der Waals surface area contributed by atoms with Crippen molar-refractivity contribution in [3.63, 3.8) is 0 Å². The third-order valence-corrected chi connectivity index (χ3v) is 4.76. The molecule has 2 aromatic carbocycles. The first kappa shape index (κ1) is 14.3. The Hall–Kier alpha value is -2.30. The van der Waals surface area contributed by atoms with E-state index < -0.39 is 0 Å². The molecule has 0 saturated carbocycles. The zero-order valence-electron chi connectivity index (χ0n) is 13.2. The van der Waals surface area contributed by atoms with Crippen LogP contribution < -0.4 is 0 Å². The van der Waals surface area contributed by atoms with Gasteiger partial charge in [0.25, 0.3) is 0 Å². The second-order valence-electron chi connectivity index (χ2n) is 6.31. The standard InChI is InChI=1S/C22H20O/c1-2-3-7-16-8-6-9-17(14-16)12-13-18-15-21-19-10-4-5-11-20(19)22(18)23-21/h2,4-6,8-11,14,18,21-22H,1,3,7,15H2. The fourth-order valence-electron chi connectivity index (χ4n) is 3.62. The number of hydrogen-bond acceptors (Lipinski definition) is 1. The van der Waals surface area contributed by atoms with Crippen LogP contribution in [0, 0.1) is 17.8 Å². The molecule has 2 heterocycles. The summed E-state index contributed by atoms with van der Waals surface area (Å²) in [7, 11) is 0. The maximum absolute atomic E-state index is 6.11. The molecule has 0 aromatic heterocycles. The van der Waals surface area contributed by atoms with E-state index in [4.69, 9.17) is 4.74 Å². The molecule has 0 amide bonds. The van der Waals surface area contributed by atoms with E-state index in [2.05, 4.69) is 67.0 Å². The lowest BCUT2D eigenvalue weighted by Crippen LogP contribution is -2.08. The van der Waals surface area contributed by atoms with Gasteiger partial charge in [0, 0.05) is 5.56 Å². The van der Waals surface area contributed by atoms with Crippen LogP contribution in [-0.4, -0.2) is 0 Å². The summed E-state index contributed by atoms with van der Waals surface area (Å²) in [6.07, 6.45) is 5.42. The molecule has 0 N–H and O–H groups in total. The van der Waals surface area contributed by atoms with Crippen molar-refractivity contribution in [2.24, 2.45) is 5.92 Å². The van der Waals surface area contributed by atoms with Crippen LogP contribution in [-0.2, 0) is 11.2 Å². The van der Waals surface area contributed by atoms with E-state index in [1.807, 2.05) is 6.08 Å². The fraction of sp³-hybridized carbons (Fsp3) is 0.273. The topological polar surface area (TPSA) is 9.23 Å². The highest BCUT2D eigenvalue weighted by molar-refractivity contribution is 5.42. The molecule has 4 rings (SSSR count). The lowest BCUT2D eigenvalue weighted by atomic mass is 9.84. The van der Waals surface area contributed by atoms with Crippen LogP contribution in [0.15, 0.2) is 61.2 Å². The van der Waals surface area contributed by atoms with E-state index in [0.717, 1.165) is 24.8 Å². The van der Waals surface area contributed by atoms with Crippen LogP contribution in [0.3, 0.4) is 0 Å². The number of fused-ring (bicyclic) bond motifs is 5. The molecule has 0 radical (unpaired) electrons. The Labute approximate surface area is 138 Å². The van der Waals surface area contributed by atoms with Crippen LogP contribution >= 0.6 is 0 Å². The Morgan fingerprint density at radius 1 is 1.13 bits per heavy atom. The third kappa shape index (κ3) is 2.71. The molecule has 1 nitrogen and oxygen atoms in total. The smallest absolute Gasteiger partial charge is 0.0975 e. The van der Waals surface area contributed by atoms with Gasteiger partial charge in [0.2, 0.25) is 0 Å². The summed E-state index contributed by atoms with van der Waals surface area (Å²) in [5, 5.41) is 0. The average molecular weight is 300 g/mol. The quantitative estimate of drug-likeness (QED) is 0.573. The van der Waals surface area contributed by atoms with Crippen molar-refractivity contribution >= 4 is 0 Å². The number of benzene rings is 2. The molecule has 114 valence electrons. The highest BCUT2D eigenvalue weighted by Gasteiger charge is 2.44. The second-order valence-corrected chi connectivity index (χ2v) is 6.31. The van der Waals surface area contributed by atoms with E-state index in [1.54, 1.807) is 0 Å². The molecule has 3 unspecified atom stereocenters. The molecule has 1 fully saturated rings. The van der Waals surface area contributed by atoms with Gasteiger partial charge in [-0.2, -0.15) is 0 Å². The van der Waals surface area contributed by atoms with Crippen molar-refractivity contribution in [3.8, 4) is 11.8 Å². The molecule has 1 saturated heterocycles. The van der Waals surface area contributed by atoms with Crippen LogP contribution in [0.1, 0.15) is 47.3 Å². The predicted octanol–water partition coefficient (Wildman–Crippen LogP) is 4.99. The molecule has 2 bridgehead atoms. The molecule has 0 spiro atoms. The fourth-order valence-corrected chi connectivity index (χ4v) is 3.62. The van der Waals surface area contributed by atoms with Gasteiger partial charge >= 0.3 is 0 Å². The van der Waals surface area contributed by atoms with Crippen LogP contribution in [0.5, 0.6) is 0 Å². The van der Waals surface area contributed by atoms with Crippen molar-refractivity contribution in [2.45, 2.75) is 31.5 Å². The summed E-state index contributed by atoms with van der Waals surface area (Å²) in [5.74, 6) is 7.13. The Morgan fingerprint density at radius 2 is 2.00 bits per heavy atom. The first-order valence-electron chi connectivity index (χ1n) is 8.31. The molecule has 2 aliphatic heterocycles. The van der Waals surface area contributed by atoms with E-state index in [9.17, 15) is 0 Å². The van der Waals surface area contributed by atoms with Gasteiger partial charge in [-0.25, -0.2) is 0 Å². The third-order valence-electron chi connectivity index (χ3n) is 4.76. The van der Waals surface area contributed by atoms with Gasteiger partial charge in [-0.05, 0) is 48.1 Å². The summed E-state index contributed by atoms with van der Waals surface area (Å²) < 4.78 is 6.11. The van der Waals surface area contributed by atoms with Gasteiger partial charge in [-0.15, -0.1) is 6.58 Å². The minimum atomic E-state index is 0.160. The first-order valence-corrected chi connectivity index (χ1v) is 8.31. The highest BCUT2D eigenvalue weighted by Crippen LogP contribution is 2.53. The SMILES string of the molecule is C=CCCc1cccc(C#CC2CC3OC2c2ccccc23)c1. The van der Waals surface area contributed by atoms with E-state index in [0.29, 0.717) is 5.92 Å². The van der Waals surface area contributed by atoms with Crippen molar-refractivity contribution in [1.29, 1.82) is 0 Å². The number of aryl methyl sites for hydroxylation is 1. The molecule has 1 heteroatoms. The summed E-state index contributed by atoms with van der Waals surface area (Å²) in [6, 6.07) is 17.1. The normalized spacial score (nSPS) is 23.9. The Kier molecular flexibility index (Phi) is 3.77. The maximum atomic E-state index is 6.11. The summed E-state index contributed by atoms with van der Waals surface area (Å²) in [4.78, 5) is 0. The summed E-state index contributed by atoms with van der Waals surface area (Å²) >= 11 is 0. The van der Waals surface area contributed by atoms with Gasteiger partial charge in [-0.1, -0.05) is 54.3 Å². The Morgan fingerprint density at radius 3 is 2.87 bits per heavy atom. The lowest BCUT2D eigenvalue weighted by molar-refractivity contribution is 0.0657. The monoisotopic (exact) mass is 300 g/mol. The largest absolute Gasteiger partial charge is 0.364 e. The van der Waals surface area contributed by atoms with Crippen LogP contribution in [0.2, 0.25) is 0 Å². The summed E-state index contributed by atoms with van der Waals surface area (Å²) in [6.45, 7) is 3.79. The molecular formula is C22H20O. The predicted molar refractivity (Wildman–Crippen MR) is 93.0 cm³/mol. The first-order chi connectivity index (χ1) is 11.3. The molecular weight excluding hydrogens is 280 g/mol. The highest BCUT2D eigenvalue weighted by atomic mass is 16.5. The van der Waals surface area contributed by atoms with Crippen LogP contribution in [0.4, 0.5) is 0 Å². The lowest BCUT2D eigenvalue weighted by Gasteiger charge is -2.16. The van der Waals surface area contributed by atoms with Gasteiger partial charge in [0.05, 0.1) is 18.1 Å². The van der Waals surface area contributed by atoms with Crippen molar-refractivity contribution < 1.29 is 4.74 Å². The zero-order valence-corrected chi connectivity index (χ0v) is 13.2. The Balaban J connectivity index is 1.53. The molecule has 2 aliphatic rings. The Bertz CT molecular complexity index is 793. The summed E-state index contributed by atoms with van der Waals surface area (Å²) in [5.41, 5.74) is 5.12. The van der Waals surface area contributed by atoms with Crippen LogP contribution in [0.25, 0.3) is 0 Å². The molecule has 23 heavy (non-hydrogen) atoms. The zero-order chi connectivity index (χ0) is 15.6. The van der Waals surface area contributed by atoms with E-state index in [1.165, 1.54) is 16.7 Å². The number of rotatable bonds is 3. The second kappa shape index (κ2) is 6.07. The maximum Gasteiger partial charge on any atom is 0.0975 e. The van der Waals surface area contributed by atoms with Gasteiger partial charge < -0.3 is 4.74 Å². The van der Waals surface area contributed by atoms with Crippen molar-refractivity contribution in [3.05, 3.63) is 83.4 Å². The molecule has 3 atom stereocenters. The number of ether oxygens (including phenoxy) is 1. The number of allylic oxidation sites excluding steroid dienone is 1. The number of hydrogen-bond donors (Lipinski definition) is 0. The average Bonchev–Trinajstić information content (AvgIpc) is 3.18. The minimum Gasteiger partial charge on any atom is -0.364 e. The van der Waals surface area contributed by atoms with Crippen molar-refractivity contribution in [1.82, 2.24) is 0 Å². The van der Waals surface area contributed by atoms with Gasteiger partial charge in [0.1, 0.15) is 0 Å². The van der Waals surface area contributed by atoms with E-state index >= 15 is 0 Å². The van der Waals surface area contributed by atoms with Gasteiger partial charge in [-0.3, -0.25) is 0 Å². The molecule has 2 aromatic rings. The molecule has 0 aliphatic carbocycles.